The SMILES string of the molecule is O=C(NC(=O)c1ccccc1Cl)Nc1ccc(-c2ccccc2C(F)(F)F)cc1. The van der Waals surface area contributed by atoms with E-state index in [-0.39, 0.29) is 16.1 Å². The lowest BCUT2D eigenvalue weighted by Crippen LogP contribution is -2.34. The molecule has 3 amide bonds. The van der Waals surface area contributed by atoms with Crippen LogP contribution in [-0.4, -0.2) is 11.9 Å². The number of carbonyl (C=O) groups excluding carboxylic acids is 2. The van der Waals surface area contributed by atoms with Crippen LogP contribution < -0.4 is 10.6 Å². The molecule has 148 valence electrons. The largest absolute Gasteiger partial charge is 0.417 e. The van der Waals surface area contributed by atoms with Gasteiger partial charge in [-0.1, -0.05) is 54.1 Å². The van der Waals surface area contributed by atoms with Crippen LogP contribution in [0.1, 0.15) is 15.9 Å². The van der Waals surface area contributed by atoms with E-state index in [0.717, 1.165) is 6.07 Å². The van der Waals surface area contributed by atoms with Gasteiger partial charge in [-0.25, -0.2) is 4.79 Å². The van der Waals surface area contributed by atoms with E-state index in [4.69, 9.17) is 11.6 Å². The average Bonchev–Trinajstić information content (AvgIpc) is 2.68. The van der Waals surface area contributed by atoms with Crippen molar-refractivity contribution in [2.24, 2.45) is 0 Å². The highest BCUT2D eigenvalue weighted by atomic mass is 35.5. The van der Waals surface area contributed by atoms with Crippen molar-refractivity contribution in [1.82, 2.24) is 5.32 Å². The predicted molar refractivity (Wildman–Crippen MR) is 105 cm³/mol. The molecule has 3 aromatic rings. The minimum absolute atomic E-state index is 0.0323. The molecule has 0 saturated carbocycles. The number of anilines is 1. The number of benzene rings is 3. The molecule has 0 saturated heterocycles. The molecule has 0 bridgehead atoms. The molecule has 0 aliphatic heterocycles. The summed E-state index contributed by atoms with van der Waals surface area (Å²) in [7, 11) is 0. The van der Waals surface area contributed by atoms with Gasteiger partial charge in [0.25, 0.3) is 5.91 Å². The van der Waals surface area contributed by atoms with Crippen molar-refractivity contribution in [3.05, 3.63) is 88.9 Å². The molecule has 4 nitrogen and oxygen atoms in total. The van der Waals surface area contributed by atoms with Gasteiger partial charge in [-0.15, -0.1) is 0 Å². The van der Waals surface area contributed by atoms with Crippen LogP contribution in [0.25, 0.3) is 11.1 Å². The fraction of sp³-hybridized carbons (Fsp3) is 0.0476. The molecule has 3 rings (SSSR count). The lowest BCUT2D eigenvalue weighted by atomic mass is 9.99. The summed E-state index contributed by atoms with van der Waals surface area (Å²) in [5.41, 5.74) is 0.0795. The summed E-state index contributed by atoms with van der Waals surface area (Å²) in [5.74, 6) is -0.677. The van der Waals surface area contributed by atoms with E-state index >= 15 is 0 Å². The molecule has 0 unspecified atom stereocenters. The van der Waals surface area contributed by atoms with Crippen molar-refractivity contribution in [2.45, 2.75) is 6.18 Å². The highest BCUT2D eigenvalue weighted by Crippen LogP contribution is 2.37. The molecule has 0 aliphatic carbocycles. The molecule has 29 heavy (non-hydrogen) atoms. The zero-order chi connectivity index (χ0) is 21.0. The zero-order valence-corrected chi connectivity index (χ0v) is 15.5. The third-order valence-corrected chi connectivity index (χ3v) is 4.36. The van der Waals surface area contributed by atoms with Gasteiger partial charge >= 0.3 is 12.2 Å². The molecule has 0 atom stereocenters. The number of carbonyl (C=O) groups is 2. The Morgan fingerprint density at radius 2 is 1.45 bits per heavy atom. The first kappa shape index (κ1) is 20.4. The quantitative estimate of drug-likeness (QED) is 0.549. The fourth-order valence-corrected chi connectivity index (χ4v) is 2.91. The molecule has 2 N–H and O–H groups in total. The van der Waals surface area contributed by atoms with Crippen molar-refractivity contribution in [1.29, 1.82) is 0 Å². The van der Waals surface area contributed by atoms with Crippen molar-refractivity contribution >= 4 is 29.2 Å². The van der Waals surface area contributed by atoms with Gasteiger partial charge in [0, 0.05) is 5.69 Å². The molecule has 3 aromatic carbocycles. The predicted octanol–water partition coefficient (Wildman–Crippen LogP) is 5.99. The topological polar surface area (TPSA) is 58.2 Å². The van der Waals surface area contributed by atoms with Crippen LogP contribution in [0.5, 0.6) is 0 Å². The van der Waals surface area contributed by atoms with Crippen LogP contribution in [0, 0.1) is 0 Å². The Balaban J connectivity index is 1.71. The minimum atomic E-state index is -4.48. The van der Waals surface area contributed by atoms with Crippen LogP contribution in [0.2, 0.25) is 5.02 Å². The summed E-state index contributed by atoms with van der Waals surface area (Å²) < 4.78 is 39.5. The number of urea groups is 1. The molecule has 0 aromatic heterocycles. The number of hydrogen-bond acceptors (Lipinski definition) is 2. The molecule has 0 radical (unpaired) electrons. The van der Waals surface area contributed by atoms with E-state index in [1.807, 2.05) is 0 Å². The lowest BCUT2D eigenvalue weighted by molar-refractivity contribution is -0.137. The molecule has 0 heterocycles. The number of amides is 3. The van der Waals surface area contributed by atoms with Crippen molar-refractivity contribution in [3.8, 4) is 11.1 Å². The molecule has 0 fully saturated rings. The van der Waals surface area contributed by atoms with Gasteiger partial charge in [0.1, 0.15) is 0 Å². The Morgan fingerprint density at radius 1 is 0.828 bits per heavy atom. The summed E-state index contributed by atoms with van der Waals surface area (Å²) in [4.78, 5) is 24.1. The second-order valence-corrected chi connectivity index (χ2v) is 6.42. The average molecular weight is 419 g/mol. The van der Waals surface area contributed by atoms with Gasteiger partial charge in [-0.05, 0) is 41.5 Å². The molecule has 0 spiro atoms. The standard InChI is InChI=1S/C21H14ClF3N2O2/c22-18-8-4-2-6-16(18)19(28)27-20(29)26-14-11-9-13(10-12-14)15-5-1-3-7-17(15)21(23,24)25/h1-12H,(H2,26,27,28,29). The number of alkyl halides is 3. The molecule has 0 aliphatic rings. The first-order valence-corrected chi connectivity index (χ1v) is 8.77. The normalized spacial score (nSPS) is 11.0. The van der Waals surface area contributed by atoms with Crippen molar-refractivity contribution < 1.29 is 22.8 Å². The Hall–Kier alpha value is -3.32. The monoisotopic (exact) mass is 418 g/mol. The van der Waals surface area contributed by atoms with Crippen LogP contribution in [0.15, 0.2) is 72.8 Å². The van der Waals surface area contributed by atoms with E-state index in [2.05, 4.69) is 10.6 Å². The number of imide groups is 1. The van der Waals surface area contributed by atoms with Crippen LogP contribution in [-0.2, 0) is 6.18 Å². The third-order valence-electron chi connectivity index (χ3n) is 4.03. The Labute approximate surface area is 169 Å². The first-order chi connectivity index (χ1) is 13.8. The van der Waals surface area contributed by atoms with Crippen molar-refractivity contribution in [2.75, 3.05) is 5.32 Å². The van der Waals surface area contributed by atoms with Gasteiger partial charge in [-0.2, -0.15) is 13.2 Å². The summed E-state index contributed by atoms with van der Waals surface area (Å²) >= 11 is 5.91. The second kappa shape index (κ2) is 8.36. The highest BCUT2D eigenvalue weighted by Gasteiger charge is 2.33. The summed E-state index contributed by atoms with van der Waals surface area (Å²) in [6.45, 7) is 0. The zero-order valence-electron chi connectivity index (χ0n) is 14.8. The van der Waals surface area contributed by atoms with E-state index in [9.17, 15) is 22.8 Å². The smallest absolute Gasteiger partial charge is 0.308 e. The third kappa shape index (κ3) is 4.94. The van der Waals surface area contributed by atoms with Crippen LogP contribution in [0.3, 0.4) is 0 Å². The van der Waals surface area contributed by atoms with Gasteiger partial charge < -0.3 is 5.32 Å². The van der Waals surface area contributed by atoms with E-state index < -0.39 is 23.7 Å². The second-order valence-electron chi connectivity index (χ2n) is 6.01. The van der Waals surface area contributed by atoms with Crippen molar-refractivity contribution in [3.63, 3.8) is 0 Å². The number of rotatable bonds is 3. The summed E-state index contributed by atoms with van der Waals surface area (Å²) in [5, 5.41) is 4.79. The van der Waals surface area contributed by atoms with Crippen LogP contribution >= 0.6 is 11.6 Å². The molecular weight excluding hydrogens is 405 g/mol. The van der Waals surface area contributed by atoms with Gasteiger partial charge in [-0.3, -0.25) is 10.1 Å². The van der Waals surface area contributed by atoms with Crippen LogP contribution in [0.4, 0.5) is 23.7 Å². The Bertz CT molecular complexity index is 1050. The lowest BCUT2D eigenvalue weighted by Gasteiger charge is -2.13. The van der Waals surface area contributed by atoms with E-state index in [1.165, 1.54) is 54.6 Å². The summed E-state index contributed by atoms with van der Waals surface area (Å²) in [6, 6.07) is 16.5. The van der Waals surface area contributed by atoms with Gasteiger partial charge in [0.15, 0.2) is 0 Å². The Kier molecular flexibility index (Phi) is 5.89. The van der Waals surface area contributed by atoms with E-state index in [1.54, 1.807) is 12.1 Å². The molecule has 8 heteroatoms. The minimum Gasteiger partial charge on any atom is -0.308 e. The van der Waals surface area contributed by atoms with E-state index in [0.29, 0.717) is 11.3 Å². The number of hydrogen-bond donors (Lipinski definition) is 2. The van der Waals surface area contributed by atoms with Gasteiger partial charge in [0.05, 0.1) is 16.1 Å². The number of halogens is 4. The van der Waals surface area contributed by atoms with Gasteiger partial charge in [0.2, 0.25) is 0 Å². The first-order valence-electron chi connectivity index (χ1n) is 8.39. The molecular formula is C21H14ClF3N2O2. The fourth-order valence-electron chi connectivity index (χ4n) is 2.69. The highest BCUT2D eigenvalue weighted by molar-refractivity contribution is 6.34. The maximum atomic E-state index is 13.2. The maximum absolute atomic E-state index is 13.2. The maximum Gasteiger partial charge on any atom is 0.417 e. The Morgan fingerprint density at radius 3 is 2.10 bits per heavy atom. The summed E-state index contributed by atoms with van der Waals surface area (Å²) in [6.07, 6.45) is -4.48. The number of nitrogens with one attached hydrogen (secondary N) is 2.